The molecule has 2 atom stereocenters. The first-order chi connectivity index (χ1) is 8.15. The van der Waals surface area contributed by atoms with Crippen LogP contribution in [0.1, 0.15) is 35.4 Å². The van der Waals surface area contributed by atoms with Gasteiger partial charge in [0.15, 0.2) is 0 Å². The van der Waals surface area contributed by atoms with Crippen molar-refractivity contribution in [2.75, 3.05) is 0 Å². The van der Waals surface area contributed by atoms with Crippen molar-refractivity contribution in [2.45, 2.75) is 37.8 Å². The molecule has 2 nitrogen and oxygen atoms in total. The molecule has 1 aromatic rings. The second-order valence-corrected chi connectivity index (χ2v) is 6.57. The fourth-order valence-electron chi connectivity index (χ4n) is 3.00. The molecule has 2 saturated heterocycles. The van der Waals surface area contributed by atoms with Crippen molar-refractivity contribution >= 4 is 28.8 Å². The molecule has 2 aliphatic heterocycles. The first kappa shape index (κ1) is 11.3. The standard InChI is InChI=1S/C13H14ClNOS/c1-8-6-9-2-3-10(7-8)15(9)13(16)11-4-5-12(14)17-11/h4-5,9-10H,1-3,6-7H2. The van der Waals surface area contributed by atoms with Gasteiger partial charge in [0.25, 0.3) is 5.91 Å². The van der Waals surface area contributed by atoms with Crippen LogP contribution >= 0.6 is 22.9 Å². The van der Waals surface area contributed by atoms with Gasteiger partial charge >= 0.3 is 0 Å². The largest absolute Gasteiger partial charge is 0.331 e. The Morgan fingerprint density at radius 1 is 1.35 bits per heavy atom. The molecule has 3 rings (SSSR count). The van der Waals surface area contributed by atoms with Gasteiger partial charge in [-0.15, -0.1) is 11.3 Å². The van der Waals surface area contributed by atoms with E-state index in [0.717, 1.165) is 30.6 Å². The van der Waals surface area contributed by atoms with Crippen LogP contribution in [-0.4, -0.2) is 22.9 Å². The van der Waals surface area contributed by atoms with E-state index in [9.17, 15) is 4.79 Å². The van der Waals surface area contributed by atoms with Crippen LogP contribution in [-0.2, 0) is 0 Å². The van der Waals surface area contributed by atoms with Crippen molar-refractivity contribution in [3.8, 4) is 0 Å². The summed E-state index contributed by atoms with van der Waals surface area (Å²) in [5, 5.41) is 0. The molecule has 0 saturated carbocycles. The number of amides is 1. The lowest BCUT2D eigenvalue weighted by molar-refractivity contribution is 0.0640. The van der Waals surface area contributed by atoms with Crippen molar-refractivity contribution in [1.29, 1.82) is 0 Å². The molecule has 0 radical (unpaired) electrons. The SMILES string of the molecule is C=C1CC2CCC(C1)N2C(=O)c1ccc(Cl)s1. The molecule has 0 aliphatic carbocycles. The van der Waals surface area contributed by atoms with E-state index < -0.39 is 0 Å². The number of thiophene rings is 1. The van der Waals surface area contributed by atoms with Gasteiger partial charge in [-0.25, -0.2) is 0 Å². The average Bonchev–Trinajstić information content (AvgIpc) is 2.81. The number of hydrogen-bond acceptors (Lipinski definition) is 2. The van der Waals surface area contributed by atoms with Crippen molar-refractivity contribution < 1.29 is 4.79 Å². The zero-order chi connectivity index (χ0) is 12.0. The van der Waals surface area contributed by atoms with Crippen molar-refractivity contribution in [3.63, 3.8) is 0 Å². The Hall–Kier alpha value is -0.800. The molecule has 1 aromatic heterocycles. The maximum absolute atomic E-state index is 12.4. The molecule has 90 valence electrons. The summed E-state index contributed by atoms with van der Waals surface area (Å²) in [4.78, 5) is 15.3. The summed E-state index contributed by atoms with van der Waals surface area (Å²) in [5.74, 6) is 0.155. The van der Waals surface area contributed by atoms with Gasteiger partial charge in [0, 0.05) is 12.1 Å². The summed E-state index contributed by atoms with van der Waals surface area (Å²) >= 11 is 7.26. The number of hydrogen-bond donors (Lipinski definition) is 0. The van der Waals surface area contributed by atoms with Gasteiger partial charge in [-0.2, -0.15) is 0 Å². The summed E-state index contributed by atoms with van der Waals surface area (Å²) < 4.78 is 0.683. The second-order valence-electron chi connectivity index (χ2n) is 4.86. The number of carbonyl (C=O) groups excluding carboxylic acids is 1. The molecule has 2 bridgehead atoms. The zero-order valence-electron chi connectivity index (χ0n) is 9.49. The Morgan fingerprint density at radius 2 is 2.00 bits per heavy atom. The molecule has 2 aliphatic rings. The average molecular weight is 268 g/mol. The van der Waals surface area contributed by atoms with E-state index in [-0.39, 0.29) is 5.91 Å². The molecule has 2 fully saturated rings. The van der Waals surface area contributed by atoms with E-state index >= 15 is 0 Å². The topological polar surface area (TPSA) is 20.3 Å². The zero-order valence-corrected chi connectivity index (χ0v) is 11.1. The van der Waals surface area contributed by atoms with Crippen LogP contribution in [0.3, 0.4) is 0 Å². The predicted molar refractivity (Wildman–Crippen MR) is 70.7 cm³/mol. The molecule has 0 aromatic carbocycles. The highest BCUT2D eigenvalue weighted by atomic mass is 35.5. The molecular weight excluding hydrogens is 254 g/mol. The minimum Gasteiger partial charge on any atom is -0.331 e. The highest BCUT2D eigenvalue weighted by Gasteiger charge is 2.41. The van der Waals surface area contributed by atoms with Crippen molar-refractivity contribution in [2.24, 2.45) is 0 Å². The number of rotatable bonds is 1. The molecule has 3 heterocycles. The van der Waals surface area contributed by atoms with E-state index in [0.29, 0.717) is 16.4 Å². The van der Waals surface area contributed by atoms with Crippen LogP contribution in [0.4, 0.5) is 0 Å². The number of carbonyl (C=O) groups is 1. The van der Waals surface area contributed by atoms with E-state index in [1.165, 1.54) is 16.9 Å². The molecule has 1 amide bonds. The maximum atomic E-state index is 12.4. The molecule has 0 spiro atoms. The fraction of sp³-hybridized carbons (Fsp3) is 0.462. The Labute approximate surface area is 110 Å². The van der Waals surface area contributed by atoms with Gasteiger partial charge in [0.1, 0.15) is 0 Å². The van der Waals surface area contributed by atoms with Crippen LogP contribution in [0, 0.1) is 0 Å². The van der Waals surface area contributed by atoms with E-state index in [4.69, 9.17) is 11.6 Å². The monoisotopic (exact) mass is 267 g/mol. The Bertz CT molecular complexity index is 466. The van der Waals surface area contributed by atoms with Gasteiger partial charge in [0.05, 0.1) is 9.21 Å². The Kier molecular flexibility index (Phi) is 2.75. The van der Waals surface area contributed by atoms with Crippen LogP contribution < -0.4 is 0 Å². The van der Waals surface area contributed by atoms with Crippen LogP contribution in [0.15, 0.2) is 24.3 Å². The summed E-state index contributed by atoms with van der Waals surface area (Å²) in [6, 6.07) is 4.37. The molecular formula is C13H14ClNOS. The van der Waals surface area contributed by atoms with Gasteiger partial charge in [-0.05, 0) is 37.8 Å². The van der Waals surface area contributed by atoms with E-state index in [2.05, 4.69) is 11.5 Å². The molecule has 4 heteroatoms. The van der Waals surface area contributed by atoms with Gasteiger partial charge in [-0.1, -0.05) is 23.8 Å². The number of nitrogens with zero attached hydrogens (tertiary/aromatic N) is 1. The van der Waals surface area contributed by atoms with Crippen LogP contribution in [0.2, 0.25) is 4.34 Å². The third-order valence-corrected chi connectivity index (χ3v) is 4.91. The quantitative estimate of drug-likeness (QED) is 0.710. The highest BCUT2D eigenvalue weighted by molar-refractivity contribution is 7.17. The molecule has 0 N–H and O–H groups in total. The third-order valence-electron chi connectivity index (χ3n) is 3.69. The lowest BCUT2D eigenvalue weighted by atomic mass is 9.98. The summed E-state index contributed by atoms with van der Waals surface area (Å²) in [5.41, 5.74) is 1.30. The van der Waals surface area contributed by atoms with Crippen LogP contribution in [0.5, 0.6) is 0 Å². The molecule has 17 heavy (non-hydrogen) atoms. The summed E-state index contributed by atoms with van der Waals surface area (Å²) in [6.45, 7) is 4.07. The minimum absolute atomic E-state index is 0.155. The highest BCUT2D eigenvalue weighted by Crippen LogP contribution is 2.39. The van der Waals surface area contributed by atoms with E-state index in [1.807, 2.05) is 6.07 Å². The lowest BCUT2D eigenvalue weighted by Gasteiger charge is -2.35. The smallest absolute Gasteiger partial charge is 0.264 e. The van der Waals surface area contributed by atoms with Crippen molar-refractivity contribution in [1.82, 2.24) is 4.90 Å². The third kappa shape index (κ3) is 1.91. The Balaban J connectivity index is 1.86. The van der Waals surface area contributed by atoms with Crippen LogP contribution in [0.25, 0.3) is 0 Å². The van der Waals surface area contributed by atoms with Crippen molar-refractivity contribution in [3.05, 3.63) is 33.5 Å². The first-order valence-electron chi connectivity index (χ1n) is 5.90. The summed E-state index contributed by atoms with van der Waals surface area (Å²) in [7, 11) is 0. The van der Waals surface area contributed by atoms with E-state index in [1.54, 1.807) is 6.07 Å². The minimum atomic E-state index is 0.155. The fourth-order valence-corrected chi connectivity index (χ4v) is 3.99. The molecule has 2 unspecified atom stereocenters. The number of halogens is 1. The van der Waals surface area contributed by atoms with Gasteiger partial charge < -0.3 is 4.90 Å². The van der Waals surface area contributed by atoms with Gasteiger partial charge in [0.2, 0.25) is 0 Å². The first-order valence-corrected chi connectivity index (χ1v) is 7.09. The normalized spacial score (nSPS) is 27.6. The Morgan fingerprint density at radius 3 is 2.53 bits per heavy atom. The number of piperidine rings is 1. The maximum Gasteiger partial charge on any atom is 0.264 e. The lowest BCUT2D eigenvalue weighted by Crippen LogP contribution is -2.44. The predicted octanol–water partition coefficient (Wildman–Crippen LogP) is 3.72. The second kappa shape index (κ2) is 4.14. The van der Waals surface area contributed by atoms with Gasteiger partial charge in [-0.3, -0.25) is 4.79 Å². The number of fused-ring (bicyclic) bond motifs is 2. The summed E-state index contributed by atoms with van der Waals surface area (Å²) in [6.07, 6.45) is 4.19.